The van der Waals surface area contributed by atoms with E-state index in [0.29, 0.717) is 0 Å². The summed E-state index contributed by atoms with van der Waals surface area (Å²) >= 11 is 0. The average Bonchev–Trinajstić information content (AvgIpc) is 3.35. The molecule has 17 heteroatoms. The molecule has 6 rings (SSSR count). The maximum absolute atomic E-state index is 13.1. The fraction of sp³-hybridized carbons (Fsp3) is 0.789. The maximum Gasteiger partial charge on any atom is 0.472 e. The van der Waals surface area contributed by atoms with Gasteiger partial charge in [-0.1, -0.05) is 0 Å². The first-order valence-corrected chi connectivity index (χ1v) is 12.9. The Morgan fingerprint density at radius 3 is 2.64 bits per heavy atom. The number of phosphoric ester groups is 1. The summed E-state index contributed by atoms with van der Waals surface area (Å²) in [5.41, 5.74) is -1.49. The van der Waals surface area contributed by atoms with E-state index in [1.165, 1.54) is 6.92 Å². The topological polar surface area (TPSA) is 220 Å². The zero-order chi connectivity index (χ0) is 25.7. The van der Waals surface area contributed by atoms with Gasteiger partial charge in [-0.05, 0) is 12.8 Å². The molecule has 198 valence electrons. The number of rotatable bonds is 1. The minimum Gasteiger partial charge on any atom is -0.861 e. The molecule has 5 fully saturated rings. The number of nitrogens with zero attached hydrogens (tertiary/aromatic N) is 3. The molecular formula is C19H24N4O12P-. The van der Waals surface area contributed by atoms with Crippen LogP contribution in [0.25, 0.3) is 0 Å². The Bertz CT molecular complexity index is 1100. The normalized spacial score (nSPS) is 50.2. The van der Waals surface area contributed by atoms with Crippen LogP contribution in [0.4, 0.5) is 9.59 Å². The Morgan fingerprint density at radius 1 is 1.19 bits per heavy atom. The van der Waals surface area contributed by atoms with E-state index in [9.17, 15) is 39.2 Å². The predicted octanol–water partition coefficient (Wildman–Crippen LogP) is -2.80. The lowest BCUT2D eigenvalue weighted by Crippen LogP contribution is -2.87. The summed E-state index contributed by atoms with van der Waals surface area (Å²) in [5, 5.41) is 35.4. The van der Waals surface area contributed by atoms with Crippen molar-refractivity contribution >= 4 is 31.7 Å². The van der Waals surface area contributed by atoms with Crippen LogP contribution in [-0.4, -0.2) is 111 Å². The quantitative estimate of drug-likeness (QED) is 0.252. The van der Waals surface area contributed by atoms with Crippen molar-refractivity contribution in [1.29, 1.82) is 0 Å². The highest BCUT2D eigenvalue weighted by molar-refractivity contribution is 7.47. The van der Waals surface area contributed by atoms with E-state index in [1.807, 2.05) is 0 Å². The third-order valence-electron chi connectivity index (χ3n) is 8.04. The number of aliphatic hydroxyl groups excluding tert-OH is 2. The lowest BCUT2D eigenvalue weighted by Gasteiger charge is -2.68. The molecule has 0 aromatic carbocycles. The van der Waals surface area contributed by atoms with E-state index in [2.05, 4.69) is 10.3 Å². The minimum absolute atomic E-state index is 0.137. The second kappa shape index (κ2) is 7.91. The van der Waals surface area contributed by atoms with Gasteiger partial charge in [0.2, 0.25) is 5.91 Å². The number of aliphatic hydroxyl groups is 2. The van der Waals surface area contributed by atoms with Gasteiger partial charge in [-0.2, -0.15) is 0 Å². The SMILES string of the molecule is C[C@]12C(=O)NC(=O)N3[C@H]1[C@H]1[C@@H]2C([O-])=NC(=O)N1[C@H]1CC(O)[C@H](COP(=O)(O)OC2C[C@H]3O[C@H]2CO)O1. The van der Waals surface area contributed by atoms with Crippen molar-refractivity contribution in [3.05, 3.63) is 0 Å². The van der Waals surface area contributed by atoms with E-state index in [1.54, 1.807) is 0 Å². The van der Waals surface area contributed by atoms with Gasteiger partial charge in [0.1, 0.15) is 30.8 Å². The van der Waals surface area contributed by atoms with Crippen LogP contribution in [0.3, 0.4) is 0 Å². The van der Waals surface area contributed by atoms with Crippen molar-refractivity contribution in [2.75, 3.05) is 13.2 Å². The first kappa shape index (κ1) is 24.2. The van der Waals surface area contributed by atoms with Gasteiger partial charge in [-0.3, -0.25) is 29.0 Å². The molecule has 16 nitrogen and oxygen atoms in total. The molecule has 4 bridgehead atoms. The number of carbonyl (C=O) groups excluding carboxylic acids is 3. The van der Waals surface area contributed by atoms with Crippen molar-refractivity contribution in [3.8, 4) is 0 Å². The Kier molecular flexibility index (Phi) is 5.32. The van der Waals surface area contributed by atoms with E-state index in [-0.39, 0.29) is 12.8 Å². The zero-order valence-electron chi connectivity index (χ0n) is 18.8. The third-order valence-corrected chi connectivity index (χ3v) is 9.05. The molecule has 0 radical (unpaired) electrons. The molecule has 0 spiro atoms. The number of fused-ring (bicyclic) bond motifs is 7. The van der Waals surface area contributed by atoms with Crippen molar-refractivity contribution in [3.63, 3.8) is 0 Å². The van der Waals surface area contributed by atoms with E-state index in [0.717, 1.165) is 9.80 Å². The van der Waals surface area contributed by atoms with Crippen LogP contribution in [0.5, 0.6) is 0 Å². The Hall–Kier alpha value is -2.17. The van der Waals surface area contributed by atoms with Crippen LogP contribution < -0.4 is 10.4 Å². The Balaban J connectivity index is 1.47. The van der Waals surface area contributed by atoms with Crippen LogP contribution >= 0.6 is 7.82 Å². The summed E-state index contributed by atoms with van der Waals surface area (Å²) < 4.78 is 34.4. The Labute approximate surface area is 203 Å². The first-order chi connectivity index (χ1) is 17.0. The predicted molar refractivity (Wildman–Crippen MR) is 110 cm³/mol. The molecule has 0 aromatic rings. The highest BCUT2D eigenvalue weighted by atomic mass is 31.2. The number of imide groups is 1. The molecule has 4 saturated heterocycles. The monoisotopic (exact) mass is 531 g/mol. The first-order valence-electron chi connectivity index (χ1n) is 11.4. The molecule has 5 heterocycles. The number of ether oxygens (including phenoxy) is 2. The highest BCUT2D eigenvalue weighted by Crippen LogP contribution is 2.57. The lowest BCUT2D eigenvalue weighted by atomic mass is 9.51. The van der Waals surface area contributed by atoms with Crippen molar-refractivity contribution in [2.45, 2.75) is 68.7 Å². The van der Waals surface area contributed by atoms with E-state index >= 15 is 0 Å². The molecule has 1 aliphatic carbocycles. The lowest BCUT2D eigenvalue weighted by molar-refractivity contribution is -0.259. The summed E-state index contributed by atoms with van der Waals surface area (Å²) in [7, 11) is -4.74. The zero-order valence-corrected chi connectivity index (χ0v) is 19.7. The number of carbonyl (C=O) groups is 3. The molecule has 1 saturated carbocycles. The minimum atomic E-state index is -4.74. The molecular weight excluding hydrogens is 507 g/mol. The van der Waals surface area contributed by atoms with Crippen LogP contribution in [-0.2, 0) is 27.9 Å². The fourth-order valence-electron chi connectivity index (χ4n) is 6.35. The summed E-state index contributed by atoms with van der Waals surface area (Å²) in [6.45, 7) is 0.290. The highest BCUT2D eigenvalue weighted by Gasteiger charge is 2.74. The summed E-state index contributed by atoms with van der Waals surface area (Å²) in [5.74, 6) is -2.64. The summed E-state index contributed by atoms with van der Waals surface area (Å²) in [6, 6.07) is -3.91. The Morgan fingerprint density at radius 2 is 1.92 bits per heavy atom. The van der Waals surface area contributed by atoms with Gasteiger partial charge < -0.3 is 29.7 Å². The van der Waals surface area contributed by atoms with Gasteiger partial charge in [0.15, 0.2) is 0 Å². The second-order valence-corrected chi connectivity index (χ2v) is 11.3. The van der Waals surface area contributed by atoms with Gasteiger partial charge in [-0.25, -0.2) is 19.1 Å². The number of phosphoric acid groups is 1. The number of hydrogen-bond acceptors (Lipinski definition) is 11. The molecule has 11 atom stereocenters. The van der Waals surface area contributed by atoms with Crippen LogP contribution in [0.1, 0.15) is 19.8 Å². The average molecular weight is 531 g/mol. The number of nitrogens with one attached hydrogen (secondary N) is 1. The smallest absolute Gasteiger partial charge is 0.472 e. The van der Waals surface area contributed by atoms with Gasteiger partial charge in [-0.15, -0.1) is 0 Å². The second-order valence-electron chi connectivity index (χ2n) is 9.89. The largest absolute Gasteiger partial charge is 0.861 e. The van der Waals surface area contributed by atoms with Gasteiger partial charge in [0.05, 0.1) is 36.8 Å². The molecule has 5 amide bonds. The van der Waals surface area contributed by atoms with Crippen molar-refractivity contribution in [1.82, 2.24) is 15.1 Å². The molecule has 6 aliphatic rings. The fourth-order valence-corrected chi connectivity index (χ4v) is 7.31. The van der Waals surface area contributed by atoms with Crippen molar-refractivity contribution in [2.24, 2.45) is 16.3 Å². The molecule has 5 aliphatic heterocycles. The number of amides is 5. The molecule has 0 aromatic heterocycles. The summed E-state index contributed by atoms with van der Waals surface area (Å²) in [6.07, 6.45) is -7.25. The number of aliphatic imine (C=N–C) groups is 1. The van der Waals surface area contributed by atoms with Crippen molar-refractivity contribution < 1.29 is 57.7 Å². The van der Waals surface area contributed by atoms with E-state index < -0.39 is 105 Å². The summed E-state index contributed by atoms with van der Waals surface area (Å²) in [4.78, 5) is 55.2. The number of hydrogen-bond donors (Lipinski definition) is 4. The van der Waals surface area contributed by atoms with Crippen LogP contribution in [0.2, 0.25) is 0 Å². The third kappa shape index (κ3) is 3.23. The van der Waals surface area contributed by atoms with E-state index in [4.69, 9.17) is 18.5 Å². The van der Waals surface area contributed by atoms with Gasteiger partial charge >= 0.3 is 19.9 Å². The maximum atomic E-state index is 13.1. The number of urea groups is 2. The van der Waals surface area contributed by atoms with Crippen LogP contribution in [0, 0.1) is 11.3 Å². The molecule has 4 N–H and O–H groups in total. The van der Waals surface area contributed by atoms with Gasteiger partial charge in [0.25, 0.3) is 0 Å². The molecule has 3 unspecified atom stereocenters. The van der Waals surface area contributed by atoms with Crippen LogP contribution in [0.15, 0.2) is 4.99 Å². The molecule has 36 heavy (non-hydrogen) atoms. The standard InChI is InChI=1S/C19H25N4O12P/c1-19-12-13-14(19)23(18(29)21-16(19)27)11-3-7(8(4-24)33-11)35-36(30,31)32-5-9-6(25)2-10(34-9)22(13)17(28)20-15(12)26/h6-14,24-25H,2-5H2,1H3,(H,30,31)(H,20,26,28)(H,21,27,29)/p-1/t6?,7?,8-,9-,10+,11+,12+,13+,14-,19+/m0/s1. The van der Waals surface area contributed by atoms with Gasteiger partial charge in [0, 0.05) is 18.8 Å².